The van der Waals surface area contributed by atoms with Gasteiger partial charge in [-0.05, 0) is 47.5 Å². The summed E-state index contributed by atoms with van der Waals surface area (Å²) in [5.41, 5.74) is 5.36. The Kier molecular flexibility index (Phi) is 6.31. The lowest BCUT2D eigenvalue weighted by Gasteiger charge is -2.23. The van der Waals surface area contributed by atoms with Crippen molar-refractivity contribution in [2.45, 2.75) is 12.0 Å². The quantitative estimate of drug-likeness (QED) is 0.343. The van der Waals surface area contributed by atoms with Crippen molar-refractivity contribution in [2.75, 3.05) is 19.4 Å². The van der Waals surface area contributed by atoms with E-state index < -0.39 is 41.7 Å². The van der Waals surface area contributed by atoms with Gasteiger partial charge in [-0.1, -0.05) is 12.1 Å². The summed E-state index contributed by atoms with van der Waals surface area (Å²) < 4.78 is 64.0. The fourth-order valence-corrected chi connectivity index (χ4v) is 3.50. The Morgan fingerprint density at radius 1 is 1.20 bits per heavy atom. The van der Waals surface area contributed by atoms with Gasteiger partial charge in [0.05, 0.1) is 13.7 Å². The number of pyridine rings is 1. The molecule has 0 bridgehead atoms. The highest BCUT2D eigenvalue weighted by Gasteiger charge is 2.40. The summed E-state index contributed by atoms with van der Waals surface area (Å²) in [5.74, 6) is -6.86. The van der Waals surface area contributed by atoms with Crippen LogP contribution in [0.1, 0.15) is 22.0 Å². The molecule has 8 nitrogen and oxygen atoms in total. The number of ether oxygens (including phenoxy) is 1. The number of hydrogen-bond donors (Lipinski definition) is 3. The van der Waals surface area contributed by atoms with Gasteiger partial charge < -0.3 is 20.9 Å². The van der Waals surface area contributed by atoms with Gasteiger partial charge in [0.2, 0.25) is 5.95 Å². The van der Waals surface area contributed by atoms with E-state index in [-0.39, 0.29) is 22.8 Å². The minimum absolute atomic E-state index is 0.0150. The lowest BCUT2D eigenvalue weighted by Crippen LogP contribution is -2.41. The number of fused-ring (bicyclic) bond motifs is 1. The predicted molar refractivity (Wildman–Crippen MR) is 118 cm³/mol. The Balaban J connectivity index is 1.60. The van der Waals surface area contributed by atoms with Gasteiger partial charge in [-0.2, -0.15) is 4.98 Å². The van der Waals surface area contributed by atoms with Gasteiger partial charge >= 0.3 is 0 Å². The summed E-state index contributed by atoms with van der Waals surface area (Å²) in [6.45, 7) is -1.32. The molecule has 0 aliphatic rings. The van der Waals surface area contributed by atoms with Gasteiger partial charge in [-0.15, -0.1) is 5.10 Å². The maximum Gasteiger partial charge on any atom is 0.294 e. The Morgan fingerprint density at radius 2 is 1.91 bits per heavy atom. The minimum Gasteiger partial charge on any atom is -0.496 e. The zero-order valence-electron chi connectivity index (χ0n) is 18.2. The second-order valence-electron chi connectivity index (χ2n) is 7.59. The predicted octanol–water partition coefficient (Wildman–Crippen LogP) is 3.36. The van der Waals surface area contributed by atoms with Crippen molar-refractivity contribution < 1.29 is 32.2 Å². The van der Waals surface area contributed by atoms with Crippen molar-refractivity contribution in [1.82, 2.24) is 19.9 Å². The number of hydrogen-bond acceptors (Lipinski definition) is 6. The molecule has 4 aromatic rings. The molecular formula is C23H19F4N5O3. The molecule has 12 heteroatoms. The normalized spacial score (nSPS) is 12.5. The minimum atomic E-state index is -3.84. The summed E-state index contributed by atoms with van der Waals surface area (Å²) in [5, 5.41) is 15.9. The van der Waals surface area contributed by atoms with Gasteiger partial charge in [0.1, 0.15) is 29.1 Å². The first-order valence-electron chi connectivity index (χ1n) is 10.2. The molecule has 2 heterocycles. The SMILES string of the molecule is COc1ccc(-c2ccn3nc(N)nc3c2)c(F)c1C(=O)NCC(F)(F)[C@H](O)c1ccc(F)cc1. The summed E-state index contributed by atoms with van der Waals surface area (Å²) in [4.78, 5) is 16.8. The van der Waals surface area contributed by atoms with Crippen molar-refractivity contribution in [2.24, 2.45) is 0 Å². The van der Waals surface area contributed by atoms with E-state index in [4.69, 9.17) is 10.5 Å². The molecule has 35 heavy (non-hydrogen) atoms. The number of aromatic nitrogens is 3. The third-order valence-electron chi connectivity index (χ3n) is 5.29. The first-order chi connectivity index (χ1) is 16.6. The average Bonchev–Trinajstić information content (AvgIpc) is 3.21. The number of benzene rings is 2. The van der Waals surface area contributed by atoms with Crippen LogP contribution < -0.4 is 15.8 Å². The Labute approximate surface area is 196 Å². The van der Waals surface area contributed by atoms with Crippen LogP contribution in [0.2, 0.25) is 0 Å². The number of nitrogens with zero attached hydrogens (tertiary/aromatic N) is 3. The Morgan fingerprint density at radius 3 is 2.60 bits per heavy atom. The van der Waals surface area contributed by atoms with Crippen molar-refractivity contribution in [3.8, 4) is 16.9 Å². The largest absolute Gasteiger partial charge is 0.496 e. The molecule has 1 amide bonds. The second kappa shape index (κ2) is 9.22. The molecule has 182 valence electrons. The molecule has 1 atom stereocenters. The van der Waals surface area contributed by atoms with Crippen LogP contribution in [-0.2, 0) is 0 Å². The van der Waals surface area contributed by atoms with E-state index in [1.54, 1.807) is 0 Å². The molecule has 0 saturated heterocycles. The van der Waals surface area contributed by atoms with Crippen molar-refractivity contribution >= 4 is 17.5 Å². The molecule has 2 aromatic carbocycles. The number of methoxy groups -OCH3 is 1. The molecule has 0 aliphatic heterocycles. The fourth-order valence-electron chi connectivity index (χ4n) is 3.50. The number of amides is 1. The summed E-state index contributed by atoms with van der Waals surface area (Å²) in [6, 6.07) is 9.53. The van der Waals surface area contributed by atoms with Crippen molar-refractivity contribution in [1.29, 1.82) is 0 Å². The standard InChI is InChI=1S/C23H19F4N5O3/c1-35-16-7-6-15(13-8-9-32-17(10-13)30-22(28)31-32)19(25)18(16)21(34)29-11-23(26,27)20(33)12-2-4-14(24)5-3-12/h2-10,20,33H,11H2,1H3,(H2,28,31)(H,29,34)/t20-/m1/s1. The molecule has 0 fully saturated rings. The number of rotatable bonds is 7. The Hall–Kier alpha value is -4.19. The zero-order chi connectivity index (χ0) is 25.3. The van der Waals surface area contributed by atoms with Crippen LogP contribution in [0, 0.1) is 11.6 Å². The van der Waals surface area contributed by atoms with Gasteiger partial charge in [0, 0.05) is 11.8 Å². The van der Waals surface area contributed by atoms with Crippen LogP contribution in [0.25, 0.3) is 16.8 Å². The van der Waals surface area contributed by atoms with Gasteiger partial charge in [0.25, 0.3) is 11.8 Å². The highest BCUT2D eigenvalue weighted by atomic mass is 19.3. The lowest BCUT2D eigenvalue weighted by molar-refractivity contribution is -0.106. The average molecular weight is 489 g/mol. The number of nitrogen functional groups attached to an aromatic ring is 1. The van der Waals surface area contributed by atoms with E-state index in [9.17, 15) is 23.1 Å². The molecule has 0 spiro atoms. The third-order valence-corrected chi connectivity index (χ3v) is 5.29. The molecule has 0 aliphatic carbocycles. The number of aliphatic hydroxyl groups is 1. The topological polar surface area (TPSA) is 115 Å². The first kappa shape index (κ1) is 24.0. The molecule has 2 aromatic heterocycles. The first-order valence-corrected chi connectivity index (χ1v) is 10.2. The van der Waals surface area contributed by atoms with E-state index in [0.717, 1.165) is 24.3 Å². The number of nitrogens with one attached hydrogen (secondary N) is 1. The van der Waals surface area contributed by atoms with E-state index in [1.165, 1.54) is 42.1 Å². The lowest BCUT2D eigenvalue weighted by atomic mass is 10.0. The van der Waals surface area contributed by atoms with Crippen LogP contribution in [0.3, 0.4) is 0 Å². The van der Waals surface area contributed by atoms with Crippen LogP contribution in [0.15, 0.2) is 54.7 Å². The molecule has 4 N–H and O–H groups in total. The second-order valence-corrected chi connectivity index (χ2v) is 7.59. The monoisotopic (exact) mass is 489 g/mol. The number of aliphatic hydroxyl groups excluding tert-OH is 1. The van der Waals surface area contributed by atoms with E-state index in [1.807, 2.05) is 5.32 Å². The number of nitrogens with two attached hydrogens (primary N) is 1. The molecule has 0 saturated carbocycles. The van der Waals surface area contributed by atoms with Gasteiger partial charge in [-0.3, -0.25) is 4.79 Å². The number of alkyl halides is 2. The Bertz CT molecular complexity index is 1390. The van der Waals surface area contributed by atoms with E-state index >= 15 is 4.39 Å². The highest BCUT2D eigenvalue weighted by Crippen LogP contribution is 2.33. The van der Waals surface area contributed by atoms with Crippen LogP contribution in [0.4, 0.5) is 23.5 Å². The number of halogens is 4. The van der Waals surface area contributed by atoms with E-state index in [0.29, 0.717) is 11.2 Å². The zero-order valence-corrected chi connectivity index (χ0v) is 18.2. The van der Waals surface area contributed by atoms with Crippen LogP contribution >= 0.6 is 0 Å². The molecule has 4 rings (SSSR count). The van der Waals surface area contributed by atoms with Crippen molar-refractivity contribution in [3.05, 3.63) is 77.5 Å². The molecule has 0 radical (unpaired) electrons. The van der Waals surface area contributed by atoms with Gasteiger partial charge in [-0.25, -0.2) is 22.1 Å². The molecular weight excluding hydrogens is 470 g/mol. The summed E-state index contributed by atoms with van der Waals surface area (Å²) in [7, 11) is 1.20. The van der Waals surface area contributed by atoms with Gasteiger partial charge in [0.15, 0.2) is 5.65 Å². The third kappa shape index (κ3) is 4.73. The van der Waals surface area contributed by atoms with Crippen LogP contribution in [0.5, 0.6) is 5.75 Å². The number of carbonyl (C=O) groups excluding carboxylic acids is 1. The number of anilines is 1. The number of carbonyl (C=O) groups is 1. The smallest absolute Gasteiger partial charge is 0.294 e. The maximum absolute atomic E-state index is 15.5. The maximum atomic E-state index is 15.5. The van der Waals surface area contributed by atoms with Crippen LogP contribution in [-0.4, -0.2) is 45.2 Å². The highest BCUT2D eigenvalue weighted by molar-refractivity contribution is 5.98. The summed E-state index contributed by atoms with van der Waals surface area (Å²) in [6.07, 6.45) is -0.835. The van der Waals surface area contributed by atoms with Crippen molar-refractivity contribution in [3.63, 3.8) is 0 Å². The van der Waals surface area contributed by atoms with E-state index in [2.05, 4.69) is 10.1 Å². The summed E-state index contributed by atoms with van der Waals surface area (Å²) >= 11 is 0. The fraction of sp³-hybridized carbons (Fsp3) is 0.174. The molecule has 0 unspecified atom stereocenters.